The van der Waals surface area contributed by atoms with Crippen LogP contribution in [0, 0.1) is 0 Å². The van der Waals surface area contributed by atoms with E-state index in [9.17, 15) is 5.11 Å². The van der Waals surface area contributed by atoms with Crippen LogP contribution in [0.2, 0.25) is 0 Å². The molecule has 60 valence electrons. The fourth-order valence-electron chi connectivity index (χ4n) is 1.64. The van der Waals surface area contributed by atoms with Gasteiger partial charge in [-0.2, -0.15) is 0 Å². The molecule has 0 amide bonds. The van der Waals surface area contributed by atoms with Gasteiger partial charge in [0.25, 0.3) is 0 Å². The number of rotatable bonds is 1. The number of furan rings is 1. The van der Waals surface area contributed by atoms with Crippen LogP contribution in [0.5, 0.6) is 0 Å². The second-order valence-corrected chi connectivity index (χ2v) is 3.46. The van der Waals surface area contributed by atoms with E-state index < -0.39 is 5.60 Å². The lowest BCUT2D eigenvalue weighted by molar-refractivity contribution is -0.0476. The molecule has 1 aromatic rings. The van der Waals surface area contributed by atoms with Gasteiger partial charge in [0.2, 0.25) is 0 Å². The van der Waals surface area contributed by atoms with Gasteiger partial charge in [0.15, 0.2) is 0 Å². The van der Waals surface area contributed by atoms with E-state index in [1.807, 2.05) is 19.1 Å². The molecule has 0 aromatic carbocycles. The Morgan fingerprint density at radius 3 is 2.91 bits per heavy atom. The van der Waals surface area contributed by atoms with E-state index in [1.165, 1.54) is 0 Å². The van der Waals surface area contributed by atoms with Crippen molar-refractivity contribution in [2.45, 2.75) is 31.3 Å². The molecule has 2 rings (SSSR count). The van der Waals surface area contributed by atoms with Crippen molar-refractivity contribution in [2.75, 3.05) is 0 Å². The number of aliphatic hydroxyl groups is 1. The summed E-state index contributed by atoms with van der Waals surface area (Å²) in [7, 11) is 0. The van der Waals surface area contributed by atoms with Crippen LogP contribution in [0.15, 0.2) is 22.8 Å². The van der Waals surface area contributed by atoms with Gasteiger partial charge in [-0.1, -0.05) is 0 Å². The first-order chi connectivity index (χ1) is 5.20. The number of hydrogen-bond acceptors (Lipinski definition) is 2. The van der Waals surface area contributed by atoms with Crippen LogP contribution in [0.1, 0.15) is 31.4 Å². The van der Waals surface area contributed by atoms with E-state index in [2.05, 4.69) is 0 Å². The molecule has 1 aliphatic carbocycles. The Kier molecular flexibility index (Phi) is 1.33. The predicted molar refractivity (Wildman–Crippen MR) is 41.3 cm³/mol. The second kappa shape index (κ2) is 2.11. The van der Waals surface area contributed by atoms with Crippen molar-refractivity contribution in [1.29, 1.82) is 0 Å². The third-order valence-electron chi connectivity index (χ3n) is 2.58. The van der Waals surface area contributed by atoms with Crippen molar-refractivity contribution in [3.8, 4) is 0 Å². The highest BCUT2D eigenvalue weighted by Gasteiger charge is 2.43. The Hall–Kier alpha value is -0.760. The zero-order valence-corrected chi connectivity index (χ0v) is 6.58. The van der Waals surface area contributed by atoms with Gasteiger partial charge in [-0.25, -0.2) is 0 Å². The summed E-state index contributed by atoms with van der Waals surface area (Å²) in [6.07, 6.45) is 3.59. The highest BCUT2D eigenvalue weighted by molar-refractivity contribution is 5.15. The molecule has 0 saturated heterocycles. The summed E-state index contributed by atoms with van der Waals surface area (Å²) < 4.78 is 5.21. The van der Waals surface area contributed by atoms with Gasteiger partial charge in [0, 0.05) is 5.92 Å². The standard InChI is InChI=1S/C9H12O2/c1-9(10)5-4-7(9)8-3-2-6-11-8/h2-3,6-7,10H,4-5H2,1H3. The minimum Gasteiger partial charge on any atom is -0.469 e. The molecule has 2 atom stereocenters. The molecule has 2 unspecified atom stereocenters. The van der Waals surface area contributed by atoms with Crippen LogP contribution < -0.4 is 0 Å². The smallest absolute Gasteiger partial charge is 0.109 e. The zero-order valence-electron chi connectivity index (χ0n) is 6.58. The molecule has 0 aliphatic heterocycles. The van der Waals surface area contributed by atoms with Crippen LogP contribution in [-0.2, 0) is 0 Å². The lowest BCUT2D eigenvalue weighted by Crippen LogP contribution is -2.41. The third kappa shape index (κ3) is 0.979. The molecule has 1 fully saturated rings. The van der Waals surface area contributed by atoms with Crippen molar-refractivity contribution in [2.24, 2.45) is 0 Å². The Bertz CT molecular complexity index is 236. The molecule has 1 heterocycles. The summed E-state index contributed by atoms with van der Waals surface area (Å²) in [4.78, 5) is 0. The largest absolute Gasteiger partial charge is 0.469 e. The van der Waals surface area contributed by atoms with Crippen molar-refractivity contribution in [3.63, 3.8) is 0 Å². The van der Waals surface area contributed by atoms with E-state index >= 15 is 0 Å². The van der Waals surface area contributed by atoms with E-state index in [4.69, 9.17) is 4.42 Å². The van der Waals surface area contributed by atoms with Crippen LogP contribution in [0.25, 0.3) is 0 Å². The van der Waals surface area contributed by atoms with Crippen molar-refractivity contribution < 1.29 is 9.52 Å². The SMILES string of the molecule is CC1(O)CCC1c1ccco1. The van der Waals surface area contributed by atoms with Crippen molar-refractivity contribution in [3.05, 3.63) is 24.2 Å². The van der Waals surface area contributed by atoms with Gasteiger partial charge < -0.3 is 9.52 Å². The highest BCUT2D eigenvalue weighted by Crippen LogP contribution is 2.45. The molecular weight excluding hydrogens is 140 g/mol. The molecule has 2 nitrogen and oxygen atoms in total. The molecule has 0 bridgehead atoms. The molecule has 1 N–H and O–H groups in total. The van der Waals surface area contributed by atoms with E-state index in [0.29, 0.717) is 0 Å². The maximum atomic E-state index is 9.68. The summed E-state index contributed by atoms with van der Waals surface area (Å²) in [5.41, 5.74) is -0.530. The van der Waals surface area contributed by atoms with Crippen LogP contribution in [0.4, 0.5) is 0 Å². The Morgan fingerprint density at radius 2 is 2.55 bits per heavy atom. The summed E-state index contributed by atoms with van der Waals surface area (Å²) in [5.74, 6) is 1.14. The first-order valence-electron chi connectivity index (χ1n) is 3.96. The zero-order chi connectivity index (χ0) is 7.90. The number of hydrogen-bond donors (Lipinski definition) is 1. The summed E-state index contributed by atoms with van der Waals surface area (Å²) >= 11 is 0. The molecule has 0 spiro atoms. The Labute approximate surface area is 65.8 Å². The quantitative estimate of drug-likeness (QED) is 0.666. The van der Waals surface area contributed by atoms with Gasteiger partial charge in [-0.05, 0) is 31.9 Å². The maximum absolute atomic E-state index is 9.68. The maximum Gasteiger partial charge on any atom is 0.109 e. The lowest BCUT2D eigenvalue weighted by atomic mass is 9.69. The fraction of sp³-hybridized carbons (Fsp3) is 0.556. The normalized spacial score (nSPS) is 36.7. The fourth-order valence-corrected chi connectivity index (χ4v) is 1.64. The van der Waals surface area contributed by atoms with E-state index in [0.717, 1.165) is 18.6 Å². The molecule has 11 heavy (non-hydrogen) atoms. The predicted octanol–water partition coefficient (Wildman–Crippen LogP) is 1.91. The molecule has 1 aliphatic rings. The summed E-state index contributed by atoms with van der Waals surface area (Å²) in [6.45, 7) is 1.86. The first-order valence-corrected chi connectivity index (χ1v) is 3.96. The average Bonchev–Trinajstić information content (AvgIpc) is 2.38. The molecule has 1 aromatic heterocycles. The lowest BCUT2D eigenvalue weighted by Gasteiger charge is -2.41. The third-order valence-corrected chi connectivity index (χ3v) is 2.58. The van der Waals surface area contributed by atoms with Crippen molar-refractivity contribution in [1.82, 2.24) is 0 Å². The highest BCUT2D eigenvalue weighted by atomic mass is 16.3. The minimum atomic E-state index is -0.530. The van der Waals surface area contributed by atoms with E-state index in [-0.39, 0.29) is 5.92 Å². The van der Waals surface area contributed by atoms with E-state index in [1.54, 1.807) is 6.26 Å². The van der Waals surface area contributed by atoms with Gasteiger partial charge in [-0.3, -0.25) is 0 Å². The Morgan fingerprint density at radius 1 is 1.73 bits per heavy atom. The Balaban J connectivity index is 2.20. The second-order valence-electron chi connectivity index (χ2n) is 3.46. The molecule has 1 saturated carbocycles. The van der Waals surface area contributed by atoms with Crippen LogP contribution in [0.3, 0.4) is 0 Å². The van der Waals surface area contributed by atoms with Gasteiger partial charge in [0.1, 0.15) is 5.76 Å². The van der Waals surface area contributed by atoms with Crippen LogP contribution in [-0.4, -0.2) is 10.7 Å². The molecular formula is C9H12O2. The van der Waals surface area contributed by atoms with Crippen molar-refractivity contribution >= 4 is 0 Å². The monoisotopic (exact) mass is 152 g/mol. The molecule has 2 heteroatoms. The van der Waals surface area contributed by atoms with Crippen LogP contribution >= 0.6 is 0 Å². The topological polar surface area (TPSA) is 33.4 Å². The molecule has 0 radical (unpaired) electrons. The summed E-state index contributed by atoms with van der Waals surface area (Å²) in [5, 5.41) is 9.68. The summed E-state index contributed by atoms with van der Waals surface area (Å²) in [6, 6.07) is 3.79. The average molecular weight is 152 g/mol. The minimum absolute atomic E-state index is 0.220. The van der Waals surface area contributed by atoms with Gasteiger partial charge in [-0.15, -0.1) is 0 Å². The van der Waals surface area contributed by atoms with Gasteiger partial charge >= 0.3 is 0 Å². The van der Waals surface area contributed by atoms with Gasteiger partial charge in [0.05, 0.1) is 11.9 Å². The first kappa shape index (κ1) is 6.92.